The number of aryl methyl sites for hydroxylation is 1. The van der Waals surface area contributed by atoms with E-state index < -0.39 is 6.04 Å². The molecule has 0 spiro atoms. The van der Waals surface area contributed by atoms with Crippen LogP contribution in [0.1, 0.15) is 33.3 Å². The lowest BCUT2D eigenvalue weighted by molar-refractivity contribution is 0.0971. The second kappa shape index (κ2) is 8.26. The van der Waals surface area contributed by atoms with Gasteiger partial charge < -0.3 is 18.6 Å². The van der Waals surface area contributed by atoms with Crippen LogP contribution in [0.25, 0.3) is 11.0 Å². The first-order valence-corrected chi connectivity index (χ1v) is 10.7. The summed E-state index contributed by atoms with van der Waals surface area (Å²) in [4.78, 5) is 29.0. The van der Waals surface area contributed by atoms with Gasteiger partial charge in [0.05, 0.1) is 38.3 Å². The van der Waals surface area contributed by atoms with Crippen molar-refractivity contribution < 1.29 is 23.4 Å². The molecule has 0 aliphatic carbocycles. The lowest BCUT2D eigenvalue weighted by Gasteiger charge is -2.26. The molecule has 1 aliphatic rings. The highest BCUT2D eigenvalue weighted by atomic mass is 16.5. The van der Waals surface area contributed by atoms with Gasteiger partial charge in [-0.25, -0.2) is 0 Å². The summed E-state index contributed by atoms with van der Waals surface area (Å²) in [7, 11) is 4.57. The second-order valence-electron chi connectivity index (χ2n) is 8.04. The molecule has 2 heterocycles. The summed E-state index contributed by atoms with van der Waals surface area (Å²) in [5.41, 5.74) is 2.72. The average Bonchev–Trinajstić information content (AvgIpc) is 3.16. The third kappa shape index (κ3) is 3.20. The van der Waals surface area contributed by atoms with Crippen LogP contribution in [-0.4, -0.2) is 27.2 Å². The predicted octanol–water partition coefficient (Wildman–Crippen LogP) is 4.88. The van der Waals surface area contributed by atoms with Crippen LogP contribution in [0.5, 0.6) is 17.2 Å². The van der Waals surface area contributed by atoms with E-state index in [2.05, 4.69) is 0 Å². The van der Waals surface area contributed by atoms with Crippen LogP contribution in [0.4, 0.5) is 5.69 Å². The maximum absolute atomic E-state index is 13.7. The molecule has 1 unspecified atom stereocenters. The van der Waals surface area contributed by atoms with Crippen molar-refractivity contribution in [2.75, 3.05) is 26.2 Å². The van der Waals surface area contributed by atoms with Gasteiger partial charge in [0, 0.05) is 5.69 Å². The highest BCUT2D eigenvalue weighted by Gasteiger charge is 2.44. The standard InChI is InChI=1S/C27H23NO6/c1-15-9-11-17(12-10-15)28-23(16-13-20(31-2)25(33-4)21(14-16)32-3)22-24(29)18-7-5-6-8-19(18)34-26(22)27(28)30/h5-14,23H,1-4H3. The SMILES string of the molecule is COc1cc(C2c3c(oc4ccccc4c3=O)C(=O)N2c2ccc(C)cc2)cc(OC)c1OC. The summed E-state index contributed by atoms with van der Waals surface area (Å²) in [5.74, 6) is 0.910. The van der Waals surface area contributed by atoms with Crippen molar-refractivity contribution in [3.63, 3.8) is 0 Å². The number of amides is 1. The molecule has 5 rings (SSSR count). The normalized spacial score (nSPS) is 14.9. The number of carbonyl (C=O) groups is 1. The molecule has 3 aromatic carbocycles. The Morgan fingerprint density at radius 2 is 1.50 bits per heavy atom. The maximum atomic E-state index is 13.7. The molecule has 7 heteroatoms. The molecule has 1 aliphatic heterocycles. The van der Waals surface area contributed by atoms with Crippen molar-refractivity contribution in [3.05, 3.63) is 93.3 Å². The van der Waals surface area contributed by atoms with Gasteiger partial charge in [-0.05, 0) is 48.9 Å². The molecule has 0 saturated carbocycles. The topological polar surface area (TPSA) is 78.2 Å². The van der Waals surface area contributed by atoms with Gasteiger partial charge >= 0.3 is 0 Å². The minimum atomic E-state index is -0.750. The molecule has 0 N–H and O–H groups in total. The van der Waals surface area contributed by atoms with Gasteiger partial charge in [0.1, 0.15) is 5.58 Å². The molecule has 7 nitrogen and oxygen atoms in total. The number of fused-ring (bicyclic) bond motifs is 2. The molecular weight excluding hydrogens is 434 g/mol. The monoisotopic (exact) mass is 457 g/mol. The van der Waals surface area contributed by atoms with Crippen molar-refractivity contribution in [1.82, 2.24) is 0 Å². The number of methoxy groups -OCH3 is 3. The van der Waals surface area contributed by atoms with Crippen molar-refractivity contribution in [2.45, 2.75) is 13.0 Å². The lowest BCUT2D eigenvalue weighted by Crippen LogP contribution is -2.29. The molecule has 0 fully saturated rings. The molecule has 0 bridgehead atoms. The number of anilines is 1. The van der Waals surface area contributed by atoms with E-state index in [1.807, 2.05) is 31.2 Å². The second-order valence-corrected chi connectivity index (χ2v) is 8.04. The van der Waals surface area contributed by atoms with Gasteiger partial charge in [-0.3, -0.25) is 14.5 Å². The first-order valence-electron chi connectivity index (χ1n) is 10.7. The van der Waals surface area contributed by atoms with Gasteiger partial charge in [-0.2, -0.15) is 0 Å². The number of carbonyl (C=O) groups excluding carboxylic acids is 1. The Kier molecular flexibility index (Phi) is 5.24. The number of hydrogen-bond donors (Lipinski definition) is 0. The largest absolute Gasteiger partial charge is 0.493 e. The molecular formula is C27H23NO6. The molecule has 1 aromatic heterocycles. The van der Waals surface area contributed by atoms with E-state index in [0.717, 1.165) is 5.56 Å². The molecule has 172 valence electrons. The number of benzene rings is 3. The molecule has 0 saturated heterocycles. The highest BCUT2D eigenvalue weighted by molar-refractivity contribution is 6.10. The maximum Gasteiger partial charge on any atom is 0.295 e. The summed E-state index contributed by atoms with van der Waals surface area (Å²) in [5, 5.41) is 0.414. The fraction of sp³-hybridized carbons (Fsp3) is 0.185. The van der Waals surface area contributed by atoms with Crippen LogP contribution in [0, 0.1) is 6.92 Å². The Hall–Kier alpha value is -4.26. The average molecular weight is 457 g/mol. The van der Waals surface area contributed by atoms with Crippen molar-refractivity contribution >= 4 is 22.6 Å². The first kappa shape index (κ1) is 21.6. The van der Waals surface area contributed by atoms with Gasteiger partial charge in [0.15, 0.2) is 16.9 Å². The van der Waals surface area contributed by atoms with E-state index in [-0.39, 0.29) is 22.7 Å². The molecule has 4 aromatic rings. The van der Waals surface area contributed by atoms with Gasteiger partial charge in [-0.15, -0.1) is 0 Å². The van der Waals surface area contributed by atoms with E-state index >= 15 is 0 Å². The fourth-order valence-electron chi connectivity index (χ4n) is 4.47. The van der Waals surface area contributed by atoms with Gasteiger partial charge in [0.2, 0.25) is 11.5 Å². The highest BCUT2D eigenvalue weighted by Crippen LogP contribution is 2.46. The summed E-state index contributed by atoms with van der Waals surface area (Å²) < 4.78 is 22.5. The van der Waals surface area contributed by atoms with Crippen LogP contribution < -0.4 is 24.5 Å². The number of para-hydroxylation sites is 1. The van der Waals surface area contributed by atoms with Crippen molar-refractivity contribution in [3.8, 4) is 17.2 Å². The van der Waals surface area contributed by atoms with E-state index in [9.17, 15) is 9.59 Å². The molecule has 1 amide bonds. The Morgan fingerprint density at radius 3 is 2.12 bits per heavy atom. The molecule has 34 heavy (non-hydrogen) atoms. The van der Waals surface area contributed by atoms with Crippen LogP contribution in [0.3, 0.4) is 0 Å². The zero-order valence-electron chi connectivity index (χ0n) is 19.2. The number of ether oxygens (including phenoxy) is 3. The zero-order valence-corrected chi connectivity index (χ0v) is 19.2. The zero-order chi connectivity index (χ0) is 24.0. The Balaban J connectivity index is 1.83. The molecule has 0 radical (unpaired) electrons. The van der Waals surface area contributed by atoms with E-state index in [1.54, 1.807) is 41.3 Å². The smallest absolute Gasteiger partial charge is 0.295 e. The van der Waals surface area contributed by atoms with E-state index in [4.69, 9.17) is 18.6 Å². The minimum Gasteiger partial charge on any atom is -0.493 e. The first-order chi connectivity index (χ1) is 16.5. The third-order valence-corrected chi connectivity index (χ3v) is 6.09. The summed E-state index contributed by atoms with van der Waals surface area (Å²) in [6.07, 6.45) is 0. The van der Waals surface area contributed by atoms with Crippen LogP contribution in [0.15, 0.2) is 69.9 Å². The number of nitrogens with zero attached hydrogens (tertiary/aromatic N) is 1. The lowest BCUT2D eigenvalue weighted by atomic mass is 9.97. The van der Waals surface area contributed by atoms with Gasteiger partial charge in [0.25, 0.3) is 5.91 Å². The fourth-order valence-corrected chi connectivity index (χ4v) is 4.47. The van der Waals surface area contributed by atoms with E-state index in [1.165, 1.54) is 21.3 Å². The Morgan fingerprint density at radius 1 is 0.853 bits per heavy atom. The van der Waals surface area contributed by atoms with Crippen LogP contribution in [0.2, 0.25) is 0 Å². The van der Waals surface area contributed by atoms with Crippen molar-refractivity contribution in [2.24, 2.45) is 0 Å². The quantitative estimate of drug-likeness (QED) is 0.425. The minimum absolute atomic E-state index is 0.0306. The number of rotatable bonds is 5. The van der Waals surface area contributed by atoms with Crippen LogP contribution in [-0.2, 0) is 0 Å². The molecule has 1 atom stereocenters. The Labute approximate surface area is 196 Å². The van der Waals surface area contributed by atoms with Crippen LogP contribution >= 0.6 is 0 Å². The number of hydrogen-bond acceptors (Lipinski definition) is 6. The summed E-state index contributed by atoms with van der Waals surface area (Å²) in [6, 6.07) is 17.2. The summed E-state index contributed by atoms with van der Waals surface area (Å²) >= 11 is 0. The third-order valence-electron chi connectivity index (χ3n) is 6.09. The van der Waals surface area contributed by atoms with E-state index in [0.29, 0.717) is 39.5 Å². The Bertz CT molecular complexity index is 1450. The van der Waals surface area contributed by atoms with Crippen molar-refractivity contribution in [1.29, 1.82) is 0 Å². The van der Waals surface area contributed by atoms with Gasteiger partial charge in [-0.1, -0.05) is 29.8 Å². The summed E-state index contributed by atoms with van der Waals surface area (Å²) in [6.45, 7) is 1.97. The predicted molar refractivity (Wildman–Crippen MR) is 128 cm³/mol.